The number of benzene rings is 1. The molecular weight excluding hydrogens is 356 g/mol. The van der Waals surface area contributed by atoms with Gasteiger partial charge in [0.2, 0.25) is 0 Å². The van der Waals surface area contributed by atoms with E-state index in [4.69, 9.17) is 9.47 Å². The molecule has 4 nitrogen and oxygen atoms in total. The van der Waals surface area contributed by atoms with Crippen LogP contribution in [0.4, 0.5) is 0 Å². The molecule has 1 aliphatic rings. The van der Waals surface area contributed by atoms with Crippen LogP contribution in [0.5, 0.6) is 5.75 Å². The Morgan fingerprint density at radius 1 is 1.28 bits per heavy atom. The molecule has 1 saturated heterocycles. The molecule has 1 aromatic rings. The highest BCUT2D eigenvalue weighted by Crippen LogP contribution is 2.46. The molecule has 2 N–H and O–H groups in total. The molecule has 0 amide bonds. The number of hydrogen-bond acceptors (Lipinski definition) is 6. The highest BCUT2D eigenvalue weighted by atomic mass is 32.2. The second-order valence-corrected chi connectivity index (χ2v) is 9.80. The molecule has 6 heteroatoms. The molecule has 2 atom stereocenters. The van der Waals surface area contributed by atoms with Crippen LogP contribution in [0.15, 0.2) is 36.4 Å². The van der Waals surface area contributed by atoms with Crippen LogP contribution in [0.2, 0.25) is 0 Å². The molecule has 0 unspecified atom stereocenters. The molecule has 1 aromatic carbocycles. The van der Waals surface area contributed by atoms with Crippen molar-refractivity contribution < 1.29 is 19.7 Å². The summed E-state index contributed by atoms with van der Waals surface area (Å²) >= 11 is 3.88. The maximum atomic E-state index is 10.2. The van der Waals surface area contributed by atoms with E-state index in [1.54, 1.807) is 7.11 Å². The second kappa shape index (κ2) is 9.88. The summed E-state index contributed by atoms with van der Waals surface area (Å²) in [5, 5.41) is 19.6. The van der Waals surface area contributed by atoms with E-state index in [1.807, 2.05) is 47.8 Å². The first-order valence-electron chi connectivity index (χ1n) is 8.46. The molecule has 0 spiro atoms. The Hall–Kier alpha value is -0.660. The molecule has 1 fully saturated rings. The molecule has 0 radical (unpaired) electrons. The smallest absolute Gasteiger partial charge is 0.118 e. The van der Waals surface area contributed by atoms with E-state index in [-0.39, 0.29) is 10.7 Å². The Bertz CT molecular complexity index is 541. The van der Waals surface area contributed by atoms with Gasteiger partial charge in [-0.25, -0.2) is 0 Å². The minimum atomic E-state index is -0.965. The number of ether oxygens (including phenoxy) is 2. The lowest BCUT2D eigenvalue weighted by atomic mass is 10.0. The largest absolute Gasteiger partial charge is 0.497 e. The molecule has 1 aliphatic heterocycles. The van der Waals surface area contributed by atoms with Crippen LogP contribution in [-0.2, 0) is 11.3 Å². The van der Waals surface area contributed by atoms with Gasteiger partial charge >= 0.3 is 0 Å². The zero-order chi connectivity index (χ0) is 18.3. The summed E-state index contributed by atoms with van der Waals surface area (Å²) in [5.74, 6) is 3.09. The summed E-state index contributed by atoms with van der Waals surface area (Å²) < 4.78 is 11.1. The third-order valence-electron chi connectivity index (χ3n) is 4.18. The summed E-state index contributed by atoms with van der Waals surface area (Å²) in [6.07, 6.45) is 0.445. The zero-order valence-electron chi connectivity index (χ0n) is 14.9. The highest BCUT2D eigenvalue weighted by molar-refractivity contribution is 8.18. The van der Waals surface area contributed by atoms with Crippen molar-refractivity contribution in [2.24, 2.45) is 0 Å². The Labute approximate surface area is 159 Å². The molecular formula is C19H28O4S2. The lowest BCUT2D eigenvalue weighted by molar-refractivity contribution is -0.0474. The van der Waals surface area contributed by atoms with E-state index in [0.29, 0.717) is 6.61 Å². The van der Waals surface area contributed by atoms with Gasteiger partial charge in [-0.15, -0.1) is 23.5 Å². The van der Waals surface area contributed by atoms with Gasteiger partial charge in [-0.1, -0.05) is 18.7 Å². The Morgan fingerprint density at radius 3 is 2.48 bits per heavy atom. The van der Waals surface area contributed by atoms with Gasteiger partial charge in [0.25, 0.3) is 0 Å². The number of aliphatic hydroxyl groups excluding tert-OH is 2. The number of rotatable bonds is 9. The predicted molar refractivity (Wildman–Crippen MR) is 106 cm³/mol. The van der Waals surface area contributed by atoms with Gasteiger partial charge in [0.05, 0.1) is 24.4 Å². The first-order chi connectivity index (χ1) is 12.0. The normalized spacial score (nSPS) is 19.2. The van der Waals surface area contributed by atoms with E-state index in [0.717, 1.165) is 34.8 Å². The third kappa shape index (κ3) is 6.22. The van der Waals surface area contributed by atoms with Crippen LogP contribution in [-0.4, -0.2) is 51.7 Å². The van der Waals surface area contributed by atoms with Gasteiger partial charge in [0, 0.05) is 0 Å². The van der Waals surface area contributed by atoms with Crippen LogP contribution in [0.3, 0.4) is 0 Å². The summed E-state index contributed by atoms with van der Waals surface area (Å²) in [5.41, 5.74) is 1.82. The molecule has 140 valence electrons. The van der Waals surface area contributed by atoms with Crippen LogP contribution < -0.4 is 4.74 Å². The van der Waals surface area contributed by atoms with E-state index in [2.05, 4.69) is 13.5 Å². The van der Waals surface area contributed by atoms with Crippen LogP contribution >= 0.6 is 23.5 Å². The third-order valence-corrected chi connectivity index (χ3v) is 7.38. The number of hydrogen-bond donors (Lipinski definition) is 2. The minimum absolute atomic E-state index is 0.0617. The minimum Gasteiger partial charge on any atom is -0.497 e. The maximum Gasteiger partial charge on any atom is 0.118 e. The van der Waals surface area contributed by atoms with Crippen LogP contribution in [0, 0.1) is 0 Å². The van der Waals surface area contributed by atoms with Gasteiger partial charge in [0.1, 0.15) is 18.0 Å². The van der Waals surface area contributed by atoms with Crippen molar-refractivity contribution >= 4 is 23.5 Å². The quantitative estimate of drug-likeness (QED) is 0.636. The lowest BCUT2D eigenvalue weighted by Gasteiger charge is -2.35. The molecule has 0 saturated carbocycles. The Morgan fingerprint density at radius 2 is 1.92 bits per heavy atom. The van der Waals surface area contributed by atoms with Crippen molar-refractivity contribution in [1.82, 2.24) is 0 Å². The monoisotopic (exact) mass is 384 g/mol. The second-order valence-electron chi connectivity index (χ2n) is 6.35. The van der Waals surface area contributed by atoms with E-state index >= 15 is 0 Å². The summed E-state index contributed by atoms with van der Waals surface area (Å²) in [6.45, 7) is 6.39. The summed E-state index contributed by atoms with van der Waals surface area (Å²) in [4.78, 5) is 0. The van der Waals surface area contributed by atoms with Crippen molar-refractivity contribution in [2.75, 3.05) is 25.2 Å². The standard InChI is InChI=1S/C19H28O4S2/c1-14(11-19(2)24-9-4-10-25-19)18(17(21)12-20)23-13-15-5-7-16(22-3)8-6-15/h5-8,17-18,20-21H,1,4,9-13H2,2-3H3/t17-,18+/m1/s1. The molecule has 2 rings (SSSR count). The van der Waals surface area contributed by atoms with Crippen LogP contribution in [0.25, 0.3) is 0 Å². The van der Waals surface area contributed by atoms with Crippen molar-refractivity contribution in [1.29, 1.82) is 0 Å². The number of aliphatic hydroxyl groups is 2. The van der Waals surface area contributed by atoms with Crippen molar-refractivity contribution in [3.05, 3.63) is 42.0 Å². The predicted octanol–water partition coefficient (Wildman–Crippen LogP) is 3.47. The summed E-state index contributed by atoms with van der Waals surface area (Å²) in [6, 6.07) is 7.61. The molecule has 1 heterocycles. The fraction of sp³-hybridized carbons (Fsp3) is 0.579. The molecule has 0 aromatic heterocycles. The fourth-order valence-corrected chi connectivity index (χ4v) is 5.83. The van der Waals surface area contributed by atoms with Gasteiger partial charge in [-0.3, -0.25) is 0 Å². The van der Waals surface area contributed by atoms with Crippen molar-refractivity contribution in [3.63, 3.8) is 0 Å². The van der Waals surface area contributed by atoms with Gasteiger partial charge in [0.15, 0.2) is 0 Å². The zero-order valence-corrected chi connectivity index (χ0v) is 16.6. The SMILES string of the molecule is C=C(CC1(C)SCCCS1)[C@H](OCc1ccc(OC)cc1)[C@H](O)CO. The average Bonchev–Trinajstić information content (AvgIpc) is 2.62. The lowest BCUT2D eigenvalue weighted by Crippen LogP contribution is -2.36. The van der Waals surface area contributed by atoms with E-state index in [1.165, 1.54) is 6.42 Å². The van der Waals surface area contributed by atoms with Crippen LogP contribution in [0.1, 0.15) is 25.3 Å². The number of methoxy groups -OCH3 is 1. The molecule has 0 aliphatic carbocycles. The highest BCUT2D eigenvalue weighted by Gasteiger charge is 2.33. The summed E-state index contributed by atoms with van der Waals surface area (Å²) in [7, 11) is 1.63. The Balaban J connectivity index is 1.98. The van der Waals surface area contributed by atoms with Gasteiger partial charge in [-0.05, 0) is 54.5 Å². The molecule has 25 heavy (non-hydrogen) atoms. The first-order valence-corrected chi connectivity index (χ1v) is 10.4. The average molecular weight is 385 g/mol. The Kier molecular flexibility index (Phi) is 8.16. The van der Waals surface area contributed by atoms with Gasteiger partial charge in [-0.2, -0.15) is 0 Å². The fourth-order valence-electron chi connectivity index (χ4n) is 2.80. The van der Waals surface area contributed by atoms with Crippen molar-refractivity contribution in [2.45, 2.75) is 42.7 Å². The first kappa shape index (κ1) is 20.6. The molecule has 0 bridgehead atoms. The maximum absolute atomic E-state index is 10.2. The topological polar surface area (TPSA) is 58.9 Å². The van der Waals surface area contributed by atoms with E-state index in [9.17, 15) is 10.2 Å². The number of thioether (sulfide) groups is 2. The van der Waals surface area contributed by atoms with Gasteiger partial charge < -0.3 is 19.7 Å². The van der Waals surface area contributed by atoms with E-state index < -0.39 is 12.2 Å². The van der Waals surface area contributed by atoms with Crippen molar-refractivity contribution in [3.8, 4) is 5.75 Å².